The SMILES string of the molecule is CCOC(=O)C1=C(C)N=c2s/c(=C\c3ccc(N(C)C)cc3)c(=O)n2C1c1ccc(OC)c(OC)c1. The van der Waals surface area contributed by atoms with Gasteiger partial charge in [-0.3, -0.25) is 9.36 Å². The Balaban J connectivity index is 1.92. The quantitative estimate of drug-likeness (QED) is 0.458. The monoisotopic (exact) mass is 507 g/mol. The summed E-state index contributed by atoms with van der Waals surface area (Å²) in [6.07, 6.45) is 1.85. The van der Waals surface area contributed by atoms with Crippen LogP contribution in [0.1, 0.15) is 31.0 Å². The zero-order valence-electron chi connectivity index (χ0n) is 21.2. The van der Waals surface area contributed by atoms with Crippen molar-refractivity contribution < 1.29 is 19.0 Å². The molecule has 2 heterocycles. The van der Waals surface area contributed by atoms with E-state index in [1.54, 1.807) is 44.8 Å². The first-order chi connectivity index (χ1) is 17.3. The second-order valence-electron chi connectivity index (χ2n) is 8.40. The number of methoxy groups -OCH3 is 2. The van der Waals surface area contributed by atoms with Crippen LogP contribution >= 0.6 is 11.3 Å². The number of fused-ring (bicyclic) bond motifs is 1. The zero-order chi connectivity index (χ0) is 26.0. The highest BCUT2D eigenvalue weighted by molar-refractivity contribution is 7.07. The van der Waals surface area contributed by atoms with Gasteiger partial charge in [-0.25, -0.2) is 9.79 Å². The van der Waals surface area contributed by atoms with Crippen molar-refractivity contribution in [2.45, 2.75) is 19.9 Å². The van der Waals surface area contributed by atoms with Crippen molar-refractivity contribution in [1.82, 2.24) is 4.57 Å². The molecule has 1 aliphatic heterocycles. The van der Waals surface area contributed by atoms with E-state index in [0.29, 0.717) is 37.7 Å². The largest absolute Gasteiger partial charge is 0.493 e. The molecular formula is C27H29N3O5S. The number of aromatic nitrogens is 1. The molecule has 0 aliphatic carbocycles. The lowest BCUT2D eigenvalue weighted by Crippen LogP contribution is -2.39. The molecule has 0 fully saturated rings. The molecule has 0 radical (unpaired) electrons. The van der Waals surface area contributed by atoms with Crippen LogP contribution < -0.4 is 29.3 Å². The summed E-state index contributed by atoms with van der Waals surface area (Å²) in [4.78, 5) is 33.9. The molecule has 1 unspecified atom stereocenters. The van der Waals surface area contributed by atoms with Crippen LogP contribution in [0.25, 0.3) is 6.08 Å². The van der Waals surface area contributed by atoms with Crippen molar-refractivity contribution in [1.29, 1.82) is 0 Å². The molecular weight excluding hydrogens is 478 g/mol. The van der Waals surface area contributed by atoms with E-state index in [0.717, 1.165) is 11.3 Å². The first-order valence-corrected chi connectivity index (χ1v) is 12.3. The molecule has 0 spiro atoms. The Kier molecular flexibility index (Phi) is 7.30. The summed E-state index contributed by atoms with van der Waals surface area (Å²) < 4.78 is 18.3. The molecule has 2 aromatic carbocycles. The van der Waals surface area contributed by atoms with Gasteiger partial charge in [0.1, 0.15) is 0 Å². The van der Waals surface area contributed by atoms with Crippen LogP contribution in [-0.4, -0.2) is 45.5 Å². The fraction of sp³-hybridized carbons (Fsp3) is 0.296. The number of hydrogen-bond acceptors (Lipinski definition) is 8. The first-order valence-electron chi connectivity index (χ1n) is 11.5. The number of esters is 1. The number of allylic oxidation sites excluding steroid dienone is 1. The molecule has 1 aliphatic rings. The smallest absolute Gasteiger partial charge is 0.338 e. The molecule has 0 saturated carbocycles. The molecule has 0 amide bonds. The van der Waals surface area contributed by atoms with Crippen LogP contribution in [0, 0.1) is 0 Å². The molecule has 1 atom stereocenters. The van der Waals surface area contributed by atoms with Gasteiger partial charge in [0.05, 0.1) is 42.7 Å². The summed E-state index contributed by atoms with van der Waals surface area (Å²) in [5, 5.41) is 0. The van der Waals surface area contributed by atoms with Crippen molar-refractivity contribution in [3.8, 4) is 11.5 Å². The maximum Gasteiger partial charge on any atom is 0.338 e. The molecule has 4 rings (SSSR count). The van der Waals surface area contributed by atoms with E-state index in [-0.39, 0.29) is 12.2 Å². The van der Waals surface area contributed by atoms with Gasteiger partial charge in [-0.05, 0) is 55.3 Å². The molecule has 36 heavy (non-hydrogen) atoms. The number of thiazole rings is 1. The molecule has 1 aromatic heterocycles. The fourth-order valence-corrected chi connectivity index (χ4v) is 5.20. The molecule has 188 valence electrons. The van der Waals surface area contributed by atoms with Crippen molar-refractivity contribution in [3.63, 3.8) is 0 Å². The number of nitrogens with zero attached hydrogens (tertiary/aromatic N) is 3. The zero-order valence-corrected chi connectivity index (χ0v) is 22.0. The van der Waals surface area contributed by atoms with E-state index in [1.165, 1.54) is 11.3 Å². The maximum absolute atomic E-state index is 13.7. The Hall–Kier alpha value is -3.85. The van der Waals surface area contributed by atoms with Gasteiger partial charge in [-0.15, -0.1) is 0 Å². The Bertz CT molecular complexity index is 1500. The van der Waals surface area contributed by atoms with Gasteiger partial charge < -0.3 is 19.1 Å². The number of rotatable bonds is 7. The van der Waals surface area contributed by atoms with Crippen molar-refractivity contribution in [2.75, 3.05) is 39.8 Å². The highest BCUT2D eigenvalue weighted by atomic mass is 32.1. The molecule has 8 nitrogen and oxygen atoms in total. The molecule has 0 bridgehead atoms. The van der Waals surface area contributed by atoms with Crippen molar-refractivity contribution >= 4 is 29.1 Å². The number of anilines is 1. The molecule has 0 N–H and O–H groups in total. The Morgan fingerprint density at radius 3 is 2.42 bits per heavy atom. The van der Waals surface area contributed by atoms with Crippen LogP contribution in [0.4, 0.5) is 5.69 Å². The summed E-state index contributed by atoms with van der Waals surface area (Å²) >= 11 is 1.29. The summed E-state index contributed by atoms with van der Waals surface area (Å²) in [7, 11) is 7.05. The van der Waals surface area contributed by atoms with E-state index in [2.05, 4.69) is 4.99 Å². The second kappa shape index (κ2) is 10.4. The number of carbonyl (C=O) groups is 1. The van der Waals surface area contributed by atoms with E-state index >= 15 is 0 Å². The molecule has 0 saturated heterocycles. The number of carbonyl (C=O) groups excluding carboxylic acids is 1. The highest BCUT2D eigenvalue weighted by Crippen LogP contribution is 2.36. The van der Waals surface area contributed by atoms with E-state index in [4.69, 9.17) is 14.2 Å². The average Bonchev–Trinajstić information content (AvgIpc) is 3.17. The van der Waals surface area contributed by atoms with Gasteiger partial charge >= 0.3 is 5.97 Å². The lowest BCUT2D eigenvalue weighted by molar-refractivity contribution is -0.139. The van der Waals surface area contributed by atoms with Gasteiger partial charge in [-0.2, -0.15) is 0 Å². The number of ether oxygens (including phenoxy) is 3. The fourth-order valence-electron chi connectivity index (χ4n) is 4.15. The minimum atomic E-state index is -0.724. The first kappa shape index (κ1) is 25.2. The lowest BCUT2D eigenvalue weighted by Gasteiger charge is -2.25. The highest BCUT2D eigenvalue weighted by Gasteiger charge is 2.33. The second-order valence-corrected chi connectivity index (χ2v) is 9.41. The van der Waals surface area contributed by atoms with Crippen molar-refractivity contribution in [2.24, 2.45) is 4.99 Å². The summed E-state index contributed by atoms with van der Waals surface area (Å²) in [5.41, 5.74) is 3.25. The predicted molar refractivity (Wildman–Crippen MR) is 141 cm³/mol. The van der Waals surface area contributed by atoms with Gasteiger partial charge in [0.25, 0.3) is 5.56 Å². The van der Waals surface area contributed by atoms with E-state index < -0.39 is 12.0 Å². The summed E-state index contributed by atoms with van der Waals surface area (Å²) in [6.45, 7) is 3.72. The summed E-state index contributed by atoms with van der Waals surface area (Å²) in [5.74, 6) is 0.538. The molecule has 9 heteroatoms. The van der Waals surface area contributed by atoms with Crippen LogP contribution in [-0.2, 0) is 9.53 Å². The Morgan fingerprint density at radius 2 is 1.81 bits per heavy atom. The Morgan fingerprint density at radius 1 is 1.11 bits per heavy atom. The Labute approximate surface area is 213 Å². The standard InChI is InChI=1S/C27H29N3O5S/c1-7-35-26(32)23-16(2)28-27-30(24(23)18-10-13-20(33-5)21(15-18)34-6)25(31)22(36-27)14-17-8-11-19(12-9-17)29(3)4/h8-15,24H,7H2,1-6H3/b22-14-. The van der Waals surface area contributed by atoms with Crippen molar-refractivity contribution in [3.05, 3.63) is 84.5 Å². The summed E-state index contributed by atoms with van der Waals surface area (Å²) in [6, 6.07) is 12.6. The third-order valence-electron chi connectivity index (χ3n) is 5.95. The third kappa shape index (κ3) is 4.66. The topological polar surface area (TPSA) is 82.4 Å². The lowest BCUT2D eigenvalue weighted by atomic mass is 9.95. The van der Waals surface area contributed by atoms with Gasteiger partial charge in [0.2, 0.25) is 0 Å². The average molecular weight is 508 g/mol. The number of benzene rings is 2. The number of hydrogen-bond donors (Lipinski definition) is 0. The van der Waals surface area contributed by atoms with Crippen LogP contribution in [0.2, 0.25) is 0 Å². The van der Waals surface area contributed by atoms with Gasteiger partial charge in [0, 0.05) is 19.8 Å². The van der Waals surface area contributed by atoms with Crippen LogP contribution in [0.5, 0.6) is 11.5 Å². The normalized spacial score (nSPS) is 15.3. The van der Waals surface area contributed by atoms with Gasteiger partial charge in [-0.1, -0.05) is 29.5 Å². The third-order valence-corrected chi connectivity index (χ3v) is 6.93. The van der Waals surface area contributed by atoms with E-state index in [1.807, 2.05) is 55.4 Å². The minimum Gasteiger partial charge on any atom is -0.493 e. The maximum atomic E-state index is 13.7. The predicted octanol–water partition coefficient (Wildman–Crippen LogP) is 2.88. The minimum absolute atomic E-state index is 0.210. The van der Waals surface area contributed by atoms with Gasteiger partial charge in [0.15, 0.2) is 16.3 Å². The molecule has 3 aromatic rings. The van der Waals surface area contributed by atoms with Crippen LogP contribution in [0.15, 0.2) is 63.5 Å². The van der Waals surface area contributed by atoms with E-state index in [9.17, 15) is 9.59 Å². The van der Waals surface area contributed by atoms with Crippen LogP contribution in [0.3, 0.4) is 0 Å².